The van der Waals surface area contributed by atoms with Crippen molar-refractivity contribution in [1.29, 1.82) is 0 Å². The fraction of sp³-hybridized carbons (Fsp3) is 0.474. The second-order valence-corrected chi connectivity index (χ2v) is 6.95. The molecule has 2 saturated heterocycles. The van der Waals surface area contributed by atoms with Crippen LogP contribution in [0.4, 0.5) is 4.39 Å². The fourth-order valence-corrected chi connectivity index (χ4v) is 3.89. The molecule has 2 unspecified atom stereocenters. The second kappa shape index (κ2) is 7.15. The zero-order valence-corrected chi connectivity index (χ0v) is 14.4. The Balaban J connectivity index is 1.58. The van der Waals surface area contributed by atoms with E-state index in [1.165, 1.54) is 12.1 Å². The largest absolute Gasteiger partial charge is 0.317 e. The van der Waals surface area contributed by atoms with Gasteiger partial charge < -0.3 is 5.32 Å². The van der Waals surface area contributed by atoms with Crippen LogP contribution in [0.5, 0.6) is 0 Å². The maximum Gasteiger partial charge on any atom is 0.131 e. The summed E-state index contributed by atoms with van der Waals surface area (Å²) >= 11 is 0. The Labute approximate surface area is 147 Å². The van der Waals surface area contributed by atoms with Gasteiger partial charge in [-0.3, -0.25) is 5.43 Å². The molecule has 3 N–H and O–H groups in total. The number of piperidine rings is 1. The molecule has 2 aliphatic heterocycles. The Bertz CT molecular complexity index is 727. The standard InChI is InChI=1S/C19H24FN5/c1-12-16(10-22-19(24-12)14-6-8-21-9-7-14)18-17(11-23-25-18)13-2-4-15(20)5-3-13/h2-5,10,14,17-18,21,23,25H,6-9,11H2,1H3. The summed E-state index contributed by atoms with van der Waals surface area (Å²) in [6.07, 6.45) is 4.17. The summed E-state index contributed by atoms with van der Waals surface area (Å²) in [4.78, 5) is 9.50. The molecule has 0 spiro atoms. The minimum Gasteiger partial charge on any atom is -0.317 e. The lowest BCUT2D eigenvalue weighted by Gasteiger charge is -2.24. The van der Waals surface area contributed by atoms with Crippen molar-refractivity contribution in [3.05, 3.63) is 58.9 Å². The summed E-state index contributed by atoms with van der Waals surface area (Å²) < 4.78 is 13.2. The van der Waals surface area contributed by atoms with Gasteiger partial charge in [-0.05, 0) is 50.6 Å². The van der Waals surface area contributed by atoms with E-state index < -0.39 is 0 Å². The highest BCUT2D eigenvalue weighted by Crippen LogP contribution is 2.34. The van der Waals surface area contributed by atoms with Gasteiger partial charge in [0.2, 0.25) is 0 Å². The van der Waals surface area contributed by atoms with Gasteiger partial charge >= 0.3 is 0 Å². The van der Waals surface area contributed by atoms with Crippen molar-refractivity contribution in [2.24, 2.45) is 0 Å². The molecule has 5 nitrogen and oxygen atoms in total. The van der Waals surface area contributed by atoms with E-state index in [1.54, 1.807) is 0 Å². The Hall–Kier alpha value is -1.89. The Morgan fingerprint density at radius 2 is 1.88 bits per heavy atom. The van der Waals surface area contributed by atoms with E-state index in [4.69, 9.17) is 4.98 Å². The van der Waals surface area contributed by atoms with Gasteiger partial charge in [-0.2, -0.15) is 0 Å². The van der Waals surface area contributed by atoms with Crippen molar-refractivity contribution >= 4 is 0 Å². The highest BCUT2D eigenvalue weighted by molar-refractivity contribution is 5.31. The molecule has 4 rings (SSSR count). The van der Waals surface area contributed by atoms with Gasteiger partial charge in [0.15, 0.2) is 0 Å². The first-order chi connectivity index (χ1) is 12.2. The van der Waals surface area contributed by atoms with Gasteiger partial charge in [-0.1, -0.05) is 12.1 Å². The quantitative estimate of drug-likeness (QED) is 0.800. The van der Waals surface area contributed by atoms with Crippen molar-refractivity contribution in [2.45, 2.75) is 37.6 Å². The predicted octanol–water partition coefficient (Wildman–Crippen LogP) is 2.32. The third kappa shape index (κ3) is 3.42. The van der Waals surface area contributed by atoms with E-state index in [-0.39, 0.29) is 17.8 Å². The number of nitrogens with one attached hydrogen (secondary N) is 3. The zero-order valence-electron chi connectivity index (χ0n) is 14.4. The molecule has 2 aliphatic rings. The average molecular weight is 341 g/mol. The van der Waals surface area contributed by atoms with Gasteiger partial charge in [0.25, 0.3) is 0 Å². The van der Waals surface area contributed by atoms with Crippen LogP contribution in [-0.4, -0.2) is 29.6 Å². The summed E-state index contributed by atoms with van der Waals surface area (Å²) in [5.74, 6) is 1.45. The van der Waals surface area contributed by atoms with E-state index in [9.17, 15) is 4.39 Å². The van der Waals surface area contributed by atoms with Gasteiger partial charge in [-0.25, -0.2) is 19.8 Å². The number of aryl methyl sites for hydroxylation is 1. The number of aromatic nitrogens is 2. The molecule has 0 radical (unpaired) electrons. The van der Waals surface area contributed by atoms with Gasteiger partial charge in [0.05, 0.1) is 6.04 Å². The summed E-state index contributed by atoms with van der Waals surface area (Å²) in [6, 6.07) is 6.86. The molecule has 0 saturated carbocycles. The van der Waals surface area contributed by atoms with Crippen LogP contribution in [0.3, 0.4) is 0 Å². The van der Waals surface area contributed by atoms with Crippen LogP contribution in [0.1, 0.15) is 53.4 Å². The van der Waals surface area contributed by atoms with E-state index >= 15 is 0 Å². The zero-order chi connectivity index (χ0) is 17.2. The second-order valence-electron chi connectivity index (χ2n) is 6.95. The van der Waals surface area contributed by atoms with Crippen LogP contribution in [0.2, 0.25) is 0 Å². The molecule has 25 heavy (non-hydrogen) atoms. The first-order valence-electron chi connectivity index (χ1n) is 9.00. The predicted molar refractivity (Wildman–Crippen MR) is 94.6 cm³/mol. The van der Waals surface area contributed by atoms with Gasteiger partial charge in [-0.15, -0.1) is 0 Å². The van der Waals surface area contributed by atoms with Crippen molar-refractivity contribution in [2.75, 3.05) is 19.6 Å². The highest BCUT2D eigenvalue weighted by atomic mass is 19.1. The summed E-state index contributed by atoms with van der Waals surface area (Å²) in [5.41, 5.74) is 9.82. The SMILES string of the molecule is Cc1nc(C2CCNCC2)ncc1C1NNCC1c1ccc(F)cc1. The first-order valence-corrected chi connectivity index (χ1v) is 9.00. The number of benzene rings is 1. The smallest absolute Gasteiger partial charge is 0.131 e. The molecule has 1 aromatic heterocycles. The van der Waals surface area contributed by atoms with Crippen molar-refractivity contribution in [3.8, 4) is 0 Å². The van der Waals surface area contributed by atoms with E-state index in [2.05, 4.69) is 28.1 Å². The van der Waals surface area contributed by atoms with Gasteiger partial charge in [0.1, 0.15) is 11.6 Å². The molecular formula is C19H24FN5. The molecule has 132 valence electrons. The number of hydrogen-bond acceptors (Lipinski definition) is 5. The Kier molecular flexibility index (Phi) is 4.74. The van der Waals surface area contributed by atoms with E-state index in [1.807, 2.05) is 18.3 Å². The Morgan fingerprint density at radius 3 is 2.60 bits per heavy atom. The third-order valence-electron chi connectivity index (χ3n) is 5.36. The topological polar surface area (TPSA) is 61.9 Å². The minimum absolute atomic E-state index is 0.0903. The monoisotopic (exact) mass is 341 g/mol. The summed E-state index contributed by atoms with van der Waals surface area (Å²) in [7, 11) is 0. The number of hydrogen-bond donors (Lipinski definition) is 3. The van der Waals surface area contributed by atoms with E-state index in [0.717, 1.165) is 55.1 Å². The molecule has 2 fully saturated rings. The van der Waals surface area contributed by atoms with Crippen molar-refractivity contribution < 1.29 is 4.39 Å². The molecule has 3 heterocycles. The molecule has 1 aromatic carbocycles. The van der Waals surface area contributed by atoms with Crippen LogP contribution in [-0.2, 0) is 0 Å². The number of hydrazine groups is 1. The molecule has 0 amide bonds. The van der Waals surface area contributed by atoms with Crippen LogP contribution < -0.4 is 16.2 Å². The lowest BCUT2D eigenvalue weighted by atomic mass is 9.88. The summed E-state index contributed by atoms with van der Waals surface area (Å²) in [5, 5.41) is 3.38. The number of nitrogens with zero attached hydrogens (tertiary/aromatic N) is 2. The van der Waals surface area contributed by atoms with Crippen LogP contribution in [0.25, 0.3) is 0 Å². The maximum absolute atomic E-state index is 13.2. The lowest BCUT2D eigenvalue weighted by Crippen LogP contribution is -2.28. The van der Waals surface area contributed by atoms with E-state index in [0.29, 0.717) is 5.92 Å². The third-order valence-corrected chi connectivity index (χ3v) is 5.36. The van der Waals surface area contributed by atoms with Crippen molar-refractivity contribution in [3.63, 3.8) is 0 Å². The molecule has 0 aliphatic carbocycles. The van der Waals surface area contributed by atoms with Gasteiger partial charge in [0, 0.05) is 35.8 Å². The Morgan fingerprint density at radius 1 is 1.12 bits per heavy atom. The van der Waals surface area contributed by atoms with Crippen LogP contribution in [0, 0.1) is 12.7 Å². The normalized spacial score (nSPS) is 24.6. The van der Waals surface area contributed by atoms with Crippen molar-refractivity contribution in [1.82, 2.24) is 26.1 Å². The van der Waals surface area contributed by atoms with Crippen LogP contribution in [0.15, 0.2) is 30.5 Å². The van der Waals surface area contributed by atoms with Crippen LogP contribution >= 0.6 is 0 Å². The number of halogens is 1. The highest BCUT2D eigenvalue weighted by Gasteiger charge is 2.31. The molecule has 0 bridgehead atoms. The minimum atomic E-state index is -0.204. The summed E-state index contributed by atoms with van der Waals surface area (Å²) in [6.45, 7) is 4.93. The molecule has 6 heteroatoms. The number of rotatable bonds is 3. The fourth-order valence-electron chi connectivity index (χ4n) is 3.89. The average Bonchev–Trinajstić information content (AvgIpc) is 3.12. The molecule has 2 aromatic rings. The lowest BCUT2D eigenvalue weighted by molar-refractivity contribution is 0.442. The first kappa shape index (κ1) is 16.6. The molecular weight excluding hydrogens is 317 g/mol. The molecule has 2 atom stereocenters. The maximum atomic E-state index is 13.2.